The Kier molecular flexibility index (Phi) is 12.2. The highest BCUT2D eigenvalue weighted by molar-refractivity contribution is 14.0. The van der Waals surface area contributed by atoms with Crippen LogP contribution in [0.25, 0.3) is 0 Å². The van der Waals surface area contributed by atoms with Crippen molar-refractivity contribution in [3.05, 3.63) is 0 Å². The molecule has 0 spiro atoms. The highest BCUT2D eigenvalue weighted by atomic mass is 127. The third-order valence-electron chi connectivity index (χ3n) is 6.34. The van der Waals surface area contributed by atoms with Gasteiger partial charge >= 0.3 is 0 Å². The van der Waals surface area contributed by atoms with Gasteiger partial charge in [-0.3, -0.25) is 4.99 Å². The molecule has 1 heterocycles. The molecule has 1 unspecified atom stereocenters. The summed E-state index contributed by atoms with van der Waals surface area (Å²) in [4.78, 5) is 7.07. The number of rotatable bonds is 9. The van der Waals surface area contributed by atoms with Gasteiger partial charge in [-0.15, -0.1) is 24.0 Å². The number of halogens is 1. The number of hydrogen-bond acceptors (Lipinski definition) is 3. The fraction of sp³-hybridized carbons (Fsp3) is 0.952. The molecule has 5 nitrogen and oxygen atoms in total. The second-order valence-electron chi connectivity index (χ2n) is 8.56. The standard InChI is InChI=1S/C21H42N4O.HI/c1-5-26-14-12-21(10-6-7-11-21)17-24-20(22-4)23-15-19-9-8-13-25(16-19)18(2)3;/h18-19H,5-17H2,1-4H3,(H2,22,23,24);1H. The number of nitrogens with one attached hydrogen (secondary N) is 2. The molecule has 0 radical (unpaired) electrons. The van der Waals surface area contributed by atoms with Crippen LogP contribution in [0.4, 0.5) is 0 Å². The van der Waals surface area contributed by atoms with Crippen LogP contribution in [-0.2, 0) is 4.74 Å². The Balaban J connectivity index is 0.00000364. The second-order valence-corrected chi connectivity index (χ2v) is 8.56. The lowest BCUT2D eigenvalue weighted by Gasteiger charge is -2.36. The predicted molar refractivity (Wildman–Crippen MR) is 126 cm³/mol. The molecule has 2 N–H and O–H groups in total. The average molecular weight is 495 g/mol. The van der Waals surface area contributed by atoms with Gasteiger partial charge in [0.1, 0.15) is 0 Å². The summed E-state index contributed by atoms with van der Waals surface area (Å²) in [5.41, 5.74) is 0.395. The average Bonchev–Trinajstić information content (AvgIpc) is 3.11. The molecule has 2 rings (SSSR count). The van der Waals surface area contributed by atoms with Crippen molar-refractivity contribution in [3.8, 4) is 0 Å². The van der Waals surface area contributed by atoms with Crippen LogP contribution in [0.3, 0.4) is 0 Å². The maximum Gasteiger partial charge on any atom is 0.191 e. The Hall–Kier alpha value is -0.0800. The summed E-state index contributed by atoms with van der Waals surface area (Å²) < 4.78 is 5.63. The fourth-order valence-corrected chi connectivity index (χ4v) is 4.54. The fourth-order valence-electron chi connectivity index (χ4n) is 4.54. The largest absolute Gasteiger partial charge is 0.382 e. The Morgan fingerprint density at radius 3 is 2.59 bits per heavy atom. The molecule has 0 aromatic carbocycles. The van der Waals surface area contributed by atoms with E-state index in [1.165, 1.54) is 51.6 Å². The van der Waals surface area contributed by atoms with Crippen molar-refractivity contribution < 1.29 is 4.74 Å². The minimum absolute atomic E-state index is 0. The topological polar surface area (TPSA) is 48.9 Å². The predicted octanol–water partition coefficient (Wildman–Crippen LogP) is 3.88. The number of nitrogens with zero attached hydrogens (tertiary/aromatic N) is 2. The van der Waals surface area contributed by atoms with Crippen molar-refractivity contribution in [2.75, 3.05) is 46.4 Å². The van der Waals surface area contributed by atoms with E-state index < -0.39 is 0 Å². The second kappa shape index (κ2) is 13.2. The van der Waals surface area contributed by atoms with E-state index in [1.54, 1.807) is 0 Å². The zero-order chi connectivity index (χ0) is 18.8. The molecule has 1 saturated heterocycles. The van der Waals surface area contributed by atoms with E-state index in [4.69, 9.17) is 4.74 Å². The van der Waals surface area contributed by atoms with Gasteiger partial charge in [0.05, 0.1) is 0 Å². The van der Waals surface area contributed by atoms with Gasteiger partial charge in [-0.2, -0.15) is 0 Å². The normalized spacial score (nSPS) is 23.3. The molecule has 0 amide bonds. The molecule has 160 valence electrons. The molecule has 6 heteroatoms. The van der Waals surface area contributed by atoms with Crippen LogP contribution in [0.2, 0.25) is 0 Å². The maximum atomic E-state index is 5.63. The maximum absolute atomic E-state index is 5.63. The number of ether oxygens (including phenoxy) is 1. The third kappa shape index (κ3) is 8.44. The first-order chi connectivity index (χ1) is 12.6. The van der Waals surface area contributed by atoms with Crippen molar-refractivity contribution >= 4 is 29.9 Å². The molecule has 1 atom stereocenters. The molecule has 1 aliphatic carbocycles. The van der Waals surface area contributed by atoms with E-state index in [9.17, 15) is 0 Å². The lowest BCUT2D eigenvalue weighted by Crippen LogP contribution is -2.47. The van der Waals surface area contributed by atoms with Crippen molar-refractivity contribution in [1.29, 1.82) is 0 Å². The SMILES string of the molecule is CCOCCC1(CNC(=NC)NCC2CCCN(C(C)C)C2)CCCC1.I. The summed E-state index contributed by atoms with van der Waals surface area (Å²) in [5.74, 6) is 1.69. The quantitative estimate of drug-likeness (QED) is 0.221. The number of likely N-dealkylation sites (tertiary alicyclic amines) is 1. The van der Waals surface area contributed by atoms with E-state index >= 15 is 0 Å². The Labute approximate surface area is 184 Å². The third-order valence-corrected chi connectivity index (χ3v) is 6.34. The van der Waals surface area contributed by atoms with Crippen LogP contribution in [0.15, 0.2) is 4.99 Å². The molecule has 1 saturated carbocycles. The van der Waals surface area contributed by atoms with Gasteiger partial charge < -0.3 is 20.3 Å². The summed E-state index contributed by atoms with van der Waals surface area (Å²) in [7, 11) is 1.89. The first-order valence-electron chi connectivity index (χ1n) is 10.8. The number of hydrogen-bond donors (Lipinski definition) is 2. The van der Waals surface area contributed by atoms with Gasteiger partial charge in [0.2, 0.25) is 0 Å². The molecule has 0 aromatic heterocycles. The lowest BCUT2D eigenvalue weighted by atomic mass is 9.83. The summed E-state index contributed by atoms with van der Waals surface area (Å²) >= 11 is 0. The molecular formula is C21H43IN4O. The van der Waals surface area contributed by atoms with Crippen LogP contribution >= 0.6 is 24.0 Å². The molecule has 27 heavy (non-hydrogen) atoms. The molecule has 2 aliphatic rings. The first kappa shape index (κ1) is 25.0. The monoisotopic (exact) mass is 494 g/mol. The van der Waals surface area contributed by atoms with E-state index in [0.29, 0.717) is 11.5 Å². The Bertz CT molecular complexity index is 424. The van der Waals surface area contributed by atoms with E-state index in [2.05, 4.69) is 41.3 Å². The number of piperidine rings is 1. The van der Waals surface area contributed by atoms with Gasteiger partial charge in [-0.25, -0.2) is 0 Å². The van der Waals surface area contributed by atoms with Crippen LogP contribution in [0.5, 0.6) is 0 Å². The lowest BCUT2D eigenvalue weighted by molar-refractivity contribution is 0.105. The van der Waals surface area contributed by atoms with Crippen molar-refractivity contribution in [2.24, 2.45) is 16.3 Å². The van der Waals surface area contributed by atoms with Gasteiger partial charge in [0.15, 0.2) is 5.96 Å². The molecule has 0 bridgehead atoms. The van der Waals surface area contributed by atoms with E-state index in [1.807, 2.05) is 7.05 Å². The highest BCUT2D eigenvalue weighted by Gasteiger charge is 2.33. The molecule has 2 fully saturated rings. The van der Waals surface area contributed by atoms with Crippen molar-refractivity contribution in [2.45, 2.75) is 71.8 Å². The smallest absolute Gasteiger partial charge is 0.191 e. The summed E-state index contributed by atoms with van der Waals surface area (Å²) in [6.45, 7) is 12.9. The van der Waals surface area contributed by atoms with Crippen molar-refractivity contribution in [3.63, 3.8) is 0 Å². The van der Waals surface area contributed by atoms with Crippen molar-refractivity contribution in [1.82, 2.24) is 15.5 Å². The van der Waals surface area contributed by atoms with E-state index in [-0.39, 0.29) is 24.0 Å². The minimum Gasteiger partial charge on any atom is -0.382 e. The van der Waals surface area contributed by atoms with Crippen LogP contribution < -0.4 is 10.6 Å². The summed E-state index contributed by atoms with van der Waals surface area (Å²) in [6, 6.07) is 0.655. The molecule has 0 aromatic rings. The van der Waals surface area contributed by atoms with Gasteiger partial charge in [-0.05, 0) is 70.8 Å². The van der Waals surface area contributed by atoms with Crippen LogP contribution in [0, 0.1) is 11.3 Å². The first-order valence-corrected chi connectivity index (χ1v) is 10.8. The zero-order valence-corrected chi connectivity index (χ0v) is 20.4. The highest BCUT2D eigenvalue weighted by Crippen LogP contribution is 2.40. The molecular weight excluding hydrogens is 451 g/mol. The van der Waals surface area contributed by atoms with E-state index in [0.717, 1.165) is 44.6 Å². The van der Waals surface area contributed by atoms with Crippen LogP contribution in [0.1, 0.15) is 65.7 Å². The Morgan fingerprint density at radius 2 is 1.96 bits per heavy atom. The Morgan fingerprint density at radius 1 is 1.22 bits per heavy atom. The number of guanidine groups is 1. The zero-order valence-electron chi connectivity index (χ0n) is 18.1. The minimum atomic E-state index is 0. The molecule has 1 aliphatic heterocycles. The van der Waals surface area contributed by atoms with Gasteiger partial charge in [-0.1, -0.05) is 12.8 Å². The van der Waals surface area contributed by atoms with Gasteiger partial charge in [0, 0.05) is 45.9 Å². The summed E-state index contributed by atoms with van der Waals surface area (Å²) in [5, 5.41) is 7.21. The van der Waals surface area contributed by atoms with Crippen LogP contribution in [-0.4, -0.2) is 63.3 Å². The van der Waals surface area contributed by atoms with Gasteiger partial charge in [0.25, 0.3) is 0 Å². The number of aliphatic imine (C=N–C) groups is 1. The summed E-state index contributed by atoms with van der Waals surface area (Å²) in [6.07, 6.45) is 9.14.